The Bertz CT molecular complexity index is 1200. The first kappa shape index (κ1) is 18.4. The lowest BCUT2D eigenvalue weighted by atomic mass is 10.1. The maximum absolute atomic E-state index is 12.8. The summed E-state index contributed by atoms with van der Waals surface area (Å²) in [6.45, 7) is 1.25. The van der Waals surface area contributed by atoms with Gasteiger partial charge in [-0.15, -0.1) is 0 Å². The highest BCUT2D eigenvalue weighted by Gasteiger charge is 2.31. The van der Waals surface area contributed by atoms with E-state index in [-0.39, 0.29) is 18.1 Å². The van der Waals surface area contributed by atoms with Crippen LogP contribution >= 0.6 is 0 Å². The molecule has 4 rings (SSSR count). The monoisotopic (exact) mass is 391 g/mol. The Balaban J connectivity index is 1.56. The summed E-state index contributed by atoms with van der Waals surface area (Å²) in [5.41, 5.74) is 0.564. The summed E-state index contributed by atoms with van der Waals surface area (Å²) in [6.07, 6.45) is -1.16. The van der Waals surface area contributed by atoms with Gasteiger partial charge in [0.25, 0.3) is 11.5 Å². The number of hydrogen-bond donors (Lipinski definition) is 2. The molecule has 2 N–H and O–H groups in total. The zero-order valence-corrected chi connectivity index (χ0v) is 15.5. The van der Waals surface area contributed by atoms with Crippen LogP contribution in [0.5, 0.6) is 0 Å². The van der Waals surface area contributed by atoms with E-state index >= 15 is 0 Å². The molecule has 29 heavy (non-hydrogen) atoms. The van der Waals surface area contributed by atoms with Crippen molar-refractivity contribution in [3.05, 3.63) is 70.6 Å². The van der Waals surface area contributed by atoms with Crippen LogP contribution in [-0.4, -0.2) is 35.4 Å². The minimum absolute atomic E-state index is 0.0508. The predicted molar refractivity (Wildman–Crippen MR) is 107 cm³/mol. The van der Waals surface area contributed by atoms with Crippen LogP contribution in [0.3, 0.4) is 0 Å². The highest BCUT2D eigenvalue weighted by Crippen LogP contribution is 2.29. The maximum atomic E-state index is 12.8. The van der Waals surface area contributed by atoms with E-state index in [0.717, 1.165) is 0 Å². The van der Waals surface area contributed by atoms with Crippen molar-refractivity contribution in [3.8, 4) is 0 Å². The minimum Gasteiger partial charge on any atom is -0.448 e. The lowest BCUT2D eigenvalue weighted by Gasteiger charge is -2.30. The second-order valence-electron chi connectivity index (χ2n) is 6.64. The van der Waals surface area contributed by atoms with Crippen molar-refractivity contribution < 1.29 is 19.1 Å². The molecule has 0 saturated heterocycles. The average Bonchev–Trinajstić information content (AvgIpc) is 2.72. The summed E-state index contributed by atoms with van der Waals surface area (Å²) in [5, 5.41) is 3.73. The Morgan fingerprint density at radius 2 is 1.79 bits per heavy atom. The van der Waals surface area contributed by atoms with Gasteiger partial charge in [0.1, 0.15) is 12.2 Å². The molecular formula is C21H17N3O5. The standard InChI is InChI=1S/C21H17N3O5/c1-12(20(27)24-11-18(25)22-15-8-4-5-9-17(15)24)29-21(28)16-10-13-6-2-3-7-14(13)19(26)23-16/h2-10,12H,11H2,1H3,(H,22,25)(H,23,26)/t12-/m1/s1. The Morgan fingerprint density at radius 1 is 1.07 bits per heavy atom. The van der Waals surface area contributed by atoms with E-state index < -0.39 is 23.5 Å². The van der Waals surface area contributed by atoms with Gasteiger partial charge in [0.05, 0.1) is 11.4 Å². The second-order valence-corrected chi connectivity index (χ2v) is 6.64. The smallest absolute Gasteiger partial charge is 0.355 e. The molecule has 0 spiro atoms. The number of carbonyl (C=O) groups excluding carboxylic acids is 3. The number of nitrogens with zero attached hydrogens (tertiary/aromatic N) is 1. The number of fused-ring (bicyclic) bond motifs is 2. The van der Waals surface area contributed by atoms with Crippen LogP contribution < -0.4 is 15.8 Å². The summed E-state index contributed by atoms with van der Waals surface area (Å²) in [6, 6.07) is 15.2. The molecular weight excluding hydrogens is 374 g/mol. The number of hydrogen-bond acceptors (Lipinski definition) is 5. The number of nitrogens with one attached hydrogen (secondary N) is 2. The van der Waals surface area contributed by atoms with E-state index in [1.165, 1.54) is 17.9 Å². The molecule has 0 bridgehead atoms. The number of benzene rings is 2. The van der Waals surface area contributed by atoms with Crippen molar-refractivity contribution in [3.63, 3.8) is 0 Å². The van der Waals surface area contributed by atoms with Gasteiger partial charge in [-0.1, -0.05) is 30.3 Å². The van der Waals surface area contributed by atoms with E-state index in [1.807, 2.05) is 0 Å². The van der Waals surface area contributed by atoms with Gasteiger partial charge in [0.15, 0.2) is 6.10 Å². The fourth-order valence-corrected chi connectivity index (χ4v) is 3.24. The van der Waals surface area contributed by atoms with Crippen molar-refractivity contribution in [1.82, 2.24) is 4.98 Å². The Kier molecular flexibility index (Phi) is 4.59. The molecule has 2 amide bonds. The first-order valence-corrected chi connectivity index (χ1v) is 8.97. The molecule has 1 aliphatic heterocycles. The van der Waals surface area contributed by atoms with Gasteiger partial charge in [-0.3, -0.25) is 19.3 Å². The summed E-state index contributed by atoms with van der Waals surface area (Å²) in [5.74, 6) is -1.71. The van der Waals surface area contributed by atoms with Gasteiger partial charge in [0, 0.05) is 5.39 Å². The van der Waals surface area contributed by atoms with Gasteiger partial charge in [-0.2, -0.15) is 0 Å². The SMILES string of the molecule is C[C@@H](OC(=O)c1cc2ccccc2c(=O)[nH]1)C(=O)N1CC(=O)Nc2ccccc21. The molecule has 0 aliphatic carbocycles. The second kappa shape index (κ2) is 7.23. The molecule has 1 atom stereocenters. The number of pyridine rings is 1. The van der Waals surface area contributed by atoms with E-state index in [2.05, 4.69) is 10.3 Å². The Morgan fingerprint density at radius 3 is 2.62 bits per heavy atom. The average molecular weight is 391 g/mol. The first-order chi connectivity index (χ1) is 13.9. The van der Waals surface area contributed by atoms with Crippen molar-refractivity contribution in [2.24, 2.45) is 0 Å². The van der Waals surface area contributed by atoms with Gasteiger partial charge in [-0.25, -0.2) is 4.79 Å². The molecule has 146 valence electrons. The van der Waals surface area contributed by atoms with E-state index in [4.69, 9.17) is 4.74 Å². The molecule has 2 aromatic carbocycles. The molecule has 0 fully saturated rings. The number of aromatic nitrogens is 1. The van der Waals surface area contributed by atoms with Crippen LogP contribution in [0, 0.1) is 0 Å². The first-order valence-electron chi connectivity index (χ1n) is 8.97. The van der Waals surface area contributed by atoms with E-state index in [1.54, 1.807) is 48.5 Å². The number of ether oxygens (including phenoxy) is 1. The molecule has 8 nitrogen and oxygen atoms in total. The Hall–Kier alpha value is -3.94. The fourth-order valence-electron chi connectivity index (χ4n) is 3.24. The van der Waals surface area contributed by atoms with Crippen LogP contribution in [-0.2, 0) is 14.3 Å². The fraction of sp³-hybridized carbons (Fsp3) is 0.143. The van der Waals surface area contributed by atoms with Crippen LogP contribution in [0.1, 0.15) is 17.4 Å². The van der Waals surface area contributed by atoms with Crippen molar-refractivity contribution in [2.75, 3.05) is 16.8 Å². The molecule has 1 aromatic heterocycles. The molecule has 0 radical (unpaired) electrons. The number of rotatable bonds is 3. The number of amides is 2. The lowest BCUT2D eigenvalue weighted by molar-refractivity contribution is -0.128. The zero-order chi connectivity index (χ0) is 20.5. The van der Waals surface area contributed by atoms with E-state index in [9.17, 15) is 19.2 Å². The number of carbonyl (C=O) groups is 3. The number of aromatic amines is 1. The third-order valence-electron chi connectivity index (χ3n) is 4.64. The quantitative estimate of drug-likeness (QED) is 0.665. The minimum atomic E-state index is -1.16. The summed E-state index contributed by atoms with van der Waals surface area (Å²) in [7, 11) is 0. The normalized spacial score (nSPS) is 14.1. The van der Waals surface area contributed by atoms with Crippen molar-refractivity contribution >= 4 is 39.9 Å². The number of H-pyrrole nitrogens is 1. The highest BCUT2D eigenvalue weighted by atomic mass is 16.5. The molecule has 2 heterocycles. The molecule has 0 saturated carbocycles. The maximum Gasteiger partial charge on any atom is 0.355 e. The molecule has 0 unspecified atom stereocenters. The lowest BCUT2D eigenvalue weighted by Crippen LogP contribution is -2.47. The topological polar surface area (TPSA) is 109 Å². The van der Waals surface area contributed by atoms with Crippen molar-refractivity contribution in [2.45, 2.75) is 13.0 Å². The van der Waals surface area contributed by atoms with Crippen molar-refractivity contribution in [1.29, 1.82) is 0 Å². The van der Waals surface area contributed by atoms with Gasteiger partial charge in [-0.05, 0) is 36.6 Å². The summed E-state index contributed by atoms with van der Waals surface area (Å²) < 4.78 is 5.27. The third-order valence-corrected chi connectivity index (χ3v) is 4.64. The predicted octanol–water partition coefficient (Wildman–Crippen LogP) is 2.06. The van der Waals surface area contributed by atoms with Crippen LogP contribution in [0.2, 0.25) is 0 Å². The summed E-state index contributed by atoms with van der Waals surface area (Å²) >= 11 is 0. The number of esters is 1. The van der Waals surface area contributed by atoms with E-state index in [0.29, 0.717) is 22.1 Å². The van der Waals surface area contributed by atoms with Crippen LogP contribution in [0.4, 0.5) is 11.4 Å². The number of para-hydroxylation sites is 2. The highest BCUT2D eigenvalue weighted by molar-refractivity contribution is 6.11. The van der Waals surface area contributed by atoms with Gasteiger partial charge >= 0.3 is 5.97 Å². The zero-order valence-electron chi connectivity index (χ0n) is 15.5. The third kappa shape index (κ3) is 3.47. The Labute approximate surface area is 165 Å². The van der Waals surface area contributed by atoms with Gasteiger partial charge in [0.2, 0.25) is 5.91 Å². The largest absolute Gasteiger partial charge is 0.448 e. The van der Waals surface area contributed by atoms with Crippen LogP contribution in [0.15, 0.2) is 59.4 Å². The molecule has 8 heteroatoms. The molecule has 3 aromatic rings. The summed E-state index contributed by atoms with van der Waals surface area (Å²) in [4.78, 5) is 53.2. The number of anilines is 2. The molecule has 1 aliphatic rings. The van der Waals surface area contributed by atoms with Gasteiger partial charge < -0.3 is 15.0 Å². The van der Waals surface area contributed by atoms with Crippen LogP contribution in [0.25, 0.3) is 10.8 Å².